The third-order valence-corrected chi connectivity index (χ3v) is 3.98. The summed E-state index contributed by atoms with van der Waals surface area (Å²) in [5.41, 5.74) is 7.29. The third-order valence-electron chi connectivity index (χ3n) is 2.97. The molecule has 0 bridgehead atoms. The van der Waals surface area contributed by atoms with Gasteiger partial charge in [-0.2, -0.15) is 11.8 Å². The molecular formula is C13H21ClN2S. The Balaban J connectivity index is 0.00000144. The van der Waals surface area contributed by atoms with Crippen molar-refractivity contribution in [1.82, 2.24) is 4.90 Å². The number of halogens is 1. The number of nitrogens with two attached hydrogens (primary N) is 1. The van der Waals surface area contributed by atoms with Crippen LogP contribution in [-0.4, -0.2) is 36.3 Å². The zero-order valence-corrected chi connectivity index (χ0v) is 11.7. The van der Waals surface area contributed by atoms with Gasteiger partial charge in [-0.3, -0.25) is 0 Å². The van der Waals surface area contributed by atoms with Gasteiger partial charge in [-0.25, -0.2) is 0 Å². The molecule has 4 heteroatoms. The van der Waals surface area contributed by atoms with Gasteiger partial charge < -0.3 is 10.6 Å². The highest BCUT2D eigenvalue weighted by Crippen LogP contribution is 2.13. The van der Waals surface area contributed by atoms with Crippen LogP contribution in [0.15, 0.2) is 30.3 Å². The van der Waals surface area contributed by atoms with Crippen molar-refractivity contribution in [2.45, 2.75) is 18.2 Å². The first kappa shape index (κ1) is 14.8. The van der Waals surface area contributed by atoms with E-state index in [1.165, 1.54) is 30.8 Å². The first-order chi connectivity index (χ1) is 7.84. The topological polar surface area (TPSA) is 29.3 Å². The molecule has 17 heavy (non-hydrogen) atoms. The van der Waals surface area contributed by atoms with Crippen LogP contribution in [0.2, 0.25) is 0 Å². The predicted octanol–water partition coefficient (Wildman–Crippen LogP) is 2.37. The molecule has 1 heterocycles. The van der Waals surface area contributed by atoms with Crippen LogP contribution in [-0.2, 0) is 5.75 Å². The quantitative estimate of drug-likeness (QED) is 0.835. The van der Waals surface area contributed by atoms with Crippen LogP contribution >= 0.6 is 24.2 Å². The van der Waals surface area contributed by atoms with Gasteiger partial charge in [0, 0.05) is 30.6 Å². The van der Waals surface area contributed by atoms with Crippen LogP contribution in [0.4, 0.5) is 0 Å². The molecule has 1 aliphatic heterocycles. The molecule has 1 aromatic rings. The molecule has 2 nitrogen and oxygen atoms in total. The summed E-state index contributed by atoms with van der Waals surface area (Å²) in [6.45, 7) is 3.46. The van der Waals surface area contributed by atoms with Gasteiger partial charge in [0.15, 0.2) is 0 Å². The van der Waals surface area contributed by atoms with Crippen molar-refractivity contribution in [3.05, 3.63) is 35.9 Å². The summed E-state index contributed by atoms with van der Waals surface area (Å²) < 4.78 is 0. The zero-order valence-electron chi connectivity index (χ0n) is 10.0. The van der Waals surface area contributed by atoms with Crippen molar-refractivity contribution in [2.75, 3.05) is 25.4 Å². The van der Waals surface area contributed by atoms with Crippen molar-refractivity contribution in [1.29, 1.82) is 0 Å². The van der Waals surface area contributed by atoms with Crippen molar-refractivity contribution in [3.8, 4) is 0 Å². The standard InChI is InChI=1S/C13H20N2S.ClH/c14-13-6-7-15(10-13)8-9-16-11-12-4-2-1-3-5-12;/h1-5,13H,6-11,14H2;1H/t13-;/m0./s1. The molecule has 1 aliphatic rings. The number of hydrogen-bond acceptors (Lipinski definition) is 3. The van der Waals surface area contributed by atoms with Gasteiger partial charge in [-0.1, -0.05) is 30.3 Å². The highest BCUT2D eigenvalue weighted by atomic mass is 35.5. The SMILES string of the molecule is Cl.N[C@H]1CCN(CCSCc2ccccc2)C1. The summed E-state index contributed by atoms with van der Waals surface area (Å²) in [6.07, 6.45) is 1.17. The van der Waals surface area contributed by atoms with Crippen molar-refractivity contribution in [3.63, 3.8) is 0 Å². The molecule has 1 saturated heterocycles. The van der Waals surface area contributed by atoms with Crippen molar-refractivity contribution >= 4 is 24.2 Å². The minimum absolute atomic E-state index is 0. The maximum atomic E-state index is 5.87. The summed E-state index contributed by atoms with van der Waals surface area (Å²) in [5, 5.41) is 0. The molecule has 2 rings (SSSR count). The molecular weight excluding hydrogens is 252 g/mol. The molecule has 96 valence electrons. The fourth-order valence-electron chi connectivity index (χ4n) is 2.02. The normalized spacial score (nSPS) is 20.2. The highest BCUT2D eigenvalue weighted by molar-refractivity contribution is 7.98. The Labute approximate surface area is 114 Å². The number of benzene rings is 1. The van der Waals surface area contributed by atoms with E-state index in [1.807, 2.05) is 11.8 Å². The van der Waals surface area contributed by atoms with E-state index in [1.54, 1.807) is 0 Å². The van der Waals surface area contributed by atoms with Gasteiger partial charge >= 0.3 is 0 Å². The van der Waals surface area contributed by atoms with Gasteiger partial charge in [0.1, 0.15) is 0 Å². The van der Waals surface area contributed by atoms with Crippen LogP contribution in [0, 0.1) is 0 Å². The Hall–Kier alpha value is -0.220. The van der Waals surface area contributed by atoms with Crippen molar-refractivity contribution < 1.29 is 0 Å². The molecule has 0 spiro atoms. The second-order valence-corrected chi connectivity index (χ2v) is 5.49. The lowest BCUT2D eigenvalue weighted by molar-refractivity contribution is 0.357. The summed E-state index contributed by atoms with van der Waals surface area (Å²) in [6, 6.07) is 11.1. The van der Waals surface area contributed by atoms with E-state index in [0.29, 0.717) is 6.04 Å². The first-order valence-electron chi connectivity index (χ1n) is 5.94. The molecule has 1 aromatic carbocycles. The summed E-state index contributed by atoms with van der Waals surface area (Å²) in [7, 11) is 0. The van der Waals surface area contributed by atoms with Crippen LogP contribution in [0.5, 0.6) is 0 Å². The molecule has 1 atom stereocenters. The minimum Gasteiger partial charge on any atom is -0.326 e. The van der Waals surface area contributed by atoms with Crippen LogP contribution in [0.3, 0.4) is 0 Å². The van der Waals surface area contributed by atoms with Crippen LogP contribution < -0.4 is 5.73 Å². The number of likely N-dealkylation sites (tertiary alicyclic amines) is 1. The fourth-order valence-corrected chi connectivity index (χ4v) is 2.98. The lowest BCUT2D eigenvalue weighted by Crippen LogP contribution is -2.28. The maximum absolute atomic E-state index is 5.87. The Morgan fingerprint density at radius 1 is 1.29 bits per heavy atom. The smallest absolute Gasteiger partial charge is 0.0185 e. The van der Waals surface area contributed by atoms with Gasteiger partial charge in [0.2, 0.25) is 0 Å². The Kier molecular flexibility index (Phi) is 6.97. The average molecular weight is 273 g/mol. The number of thioether (sulfide) groups is 1. The molecule has 0 amide bonds. The Morgan fingerprint density at radius 3 is 2.71 bits per heavy atom. The van der Waals surface area contributed by atoms with E-state index in [-0.39, 0.29) is 12.4 Å². The van der Waals surface area contributed by atoms with Crippen LogP contribution in [0.25, 0.3) is 0 Å². The third kappa shape index (κ3) is 5.30. The van der Waals surface area contributed by atoms with E-state index < -0.39 is 0 Å². The highest BCUT2D eigenvalue weighted by Gasteiger charge is 2.17. The first-order valence-corrected chi connectivity index (χ1v) is 7.09. The summed E-state index contributed by atoms with van der Waals surface area (Å²) in [4.78, 5) is 2.47. The Bertz CT molecular complexity index is 308. The molecule has 0 saturated carbocycles. The van der Waals surface area contributed by atoms with E-state index in [9.17, 15) is 0 Å². The zero-order chi connectivity index (χ0) is 11.2. The summed E-state index contributed by atoms with van der Waals surface area (Å²) in [5.74, 6) is 2.34. The second kappa shape index (κ2) is 7.98. The van der Waals surface area contributed by atoms with Gasteiger partial charge in [-0.05, 0) is 18.5 Å². The maximum Gasteiger partial charge on any atom is 0.0185 e. The van der Waals surface area contributed by atoms with Crippen molar-refractivity contribution in [2.24, 2.45) is 5.73 Å². The minimum atomic E-state index is 0. The molecule has 2 N–H and O–H groups in total. The molecule has 1 fully saturated rings. The average Bonchev–Trinajstić information content (AvgIpc) is 2.72. The number of nitrogens with zero attached hydrogens (tertiary/aromatic N) is 1. The Morgan fingerprint density at radius 2 is 2.06 bits per heavy atom. The number of hydrogen-bond donors (Lipinski definition) is 1. The lowest BCUT2D eigenvalue weighted by atomic mass is 10.2. The van der Waals surface area contributed by atoms with Gasteiger partial charge in [0.05, 0.1) is 0 Å². The predicted molar refractivity (Wildman–Crippen MR) is 78.9 cm³/mol. The van der Waals surface area contributed by atoms with E-state index in [4.69, 9.17) is 5.73 Å². The molecule has 0 aliphatic carbocycles. The molecule has 0 radical (unpaired) electrons. The van der Waals surface area contributed by atoms with Gasteiger partial charge in [-0.15, -0.1) is 12.4 Å². The van der Waals surface area contributed by atoms with Crippen LogP contribution in [0.1, 0.15) is 12.0 Å². The van der Waals surface area contributed by atoms with E-state index in [0.717, 1.165) is 12.3 Å². The van der Waals surface area contributed by atoms with E-state index >= 15 is 0 Å². The fraction of sp³-hybridized carbons (Fsp3) is 0.538. The second-order valence-electron chi connectivity index (χ2n) is 4.39. The van der Waals surface area contributed by atoms with Gasteiger partial charge in [0.25, 0.3) is 0 Å². The molecule has 0 unspecified atom stereocenters. The largest absolute Gasteiger partial charge is 0.326 e. The number of rotatable bonds is 5. The van der Waals surface area contributed by atoms with E-state index in [2.05, 4.69) is 35.2 Å². The molecule has 0 aromatic heterocycles. The summed E-state index contributed by atoms with van der Waals surface area (Å²) >= 11 is 2.01. The monoisotopic (exact) mass is 272 g/mol. The lowest BCUT2D eigenvalue weighted by Gasteiger charge is -2.14.